The van der Waals surface area contributed by atoms with Gasteiger partial charge in [-0.3, -0.25) is 19.2 Å². The van der Waals surface area contributed by atoms with Crippen LogP contribution in [0.1, 0.15) is 33.3 Å². The summed E-state index contributed by atoms with van der Waals surface area (Å²) in [4.78, 5) is 47.4. The normalized spacial score (nSPS) is 24.8. The standard InChI is InChI=1S/C21H26O10S/c1-11(23)27-10-16-18(28-12(2)24)19(29-13(3)25)20(30-14(4)26)21(31-16)32-17-8-6-5-7-15(17)9-22/h5-8,16,18-22H,9-10H2,1-4H3/t16?,18-,19?,20?,21+/m1/s1. The molecule has 1 aromatic carbocycles. The number of thioether (sulfide) groups is 1. The van der Waals surface area contributed by atoms with Crippen molar-refractivity contribution in [1.29, 1.82) is 0 Å². The van der Waals surface area contributed by atoms with Crippen LogP contribution in [0.25, 0.3) is 0 Å². The van der Waals surface area contributed by atoms with E-state index >= 15 is 0 Å². The van der Waals surface area contributed by atoms with Crippen LogP contribution in [0.4, 0.5) is 0 Å². The molecule has 0 aromatic heterocycles. The van der Waals surface area contributed by atoms with E-state index in [2.05, 4.69) is 0 Å². The molecular formula is C21H26O10S. The minimum Gasteiger partial charge on any atom is -0.463 e. The van der Waals surface area contributed by atoms with Crippen LogP contribution in [0.2, 0.25) is 0 Å². The number of hydrogen-bond donors (Lipinski definition) is 1. The van der Waals surface area contributed by atoms with Gasteiger partial charge >= 0.3 is 23.9 Å². The Hall–Kier alpha value is -2.63. The predicted molar refractivity (Wildman–Crippen MR) is 110 cm³/mol. The maximum absolute atomic E-state index is 11.8. The zero-order chi connectivity index (χ0) is 23.8. The van der Waals surface area contributed by atoms with Crippen LogP contribution in [-0.2, 0) is 49.5 Å². The molecule has 0 bridgehead atoms. The van der Waals surface area contributed by atoms with E-state index in [0.717, 1.165) is 25.6 Å². The smallest absolute Gasteiger partial charge is 0.303 e. The quantitative estimate of drug-likeness (QED) is 0.436. The minimum atomic E-state index is -1.23. The average molecular weight is 470 g/mol. The number of esters is 4. The fraction of sp³-hybridized carbons (Fsp3) is 0.524. The molecule has 1 aliphatic heterocycles. The molecule has 32 heavy (non-hydrogen) atoms. The Morgan fingerprint density at radius 3 is 2.00 bits per heavy atom. The van der Waals surface area contributed by atoms with Crippen LogP contribution in [0.15, 0.2) is 29.2 Å². The largest absolute Gasteiger partial charge is 0.463 e. The van der Waals surface area contributed by atoms with Crippen LogP contribution in [0, 0.1) is 0 Å². The van der Waals surface area contributed by atoms with E-state index in [-0.39, 0.29) is 13.2 Å². The molecule has 0 saturated carbocycles. The summed E-state index contributed by atoms with van der Waals surface area (Å²) in [5.74, 6) is -2.65. The molecule has 11 heteroatoms. The SMILES string of the molecule is CC(=O)OCC1O[C@@H](Sc2ccccc2CO)C(OC(C)=O)C(OC(C)=O)[C@@H]1OC(C)=O. The molecule has 2 rings (SSSR count). The van der Waals surface area contributed by atoms with Crippen molar-refractivity contribution in [2.45, 2.75) is 69.0 Å². The van der Waals surface area contributed by atoms with Gasteiger partial charge in [-0.1, -0.05) is 30.0 Å². The summed E-state index contributed by atoms with van der Waals surface area (Å²) in [5, 5.41) is 9.64. The highest BCUT2D eigenvalue weighted by Crippen LogP contribution is 2.38. The maximum atomic E-state index is 11.8. The molecule has 10 nitrogen and oxygen atoms in total. The Morgan fingerprint density at radius 1 is 0.875 bits per heavy atom. The average Bonchev–Trinajstić information content (AvgIpc) is 2.70. The van der Waals surface area contributed by atoms with E-state index < -0.39 is 53.7 Å². The van der Waals surface area contributed by atoms with Gasteiger partial charge in [-0.25, -0.2) is 0 Å². The molecule has 1 fully saturated rings. The topological polar surface area (TPSA) is 135 Å². The lowest BCUT2D eigenvalue weighted by molar-refractivity contribution is -0.237. The first kappa shape index (κ1) is 25.6. The highest BCUT2D eigenvalue weighted by atomic mass is 32.2. The van der Waals surface area contributed by atoms with Gasteiger partial charge < -0.3 is 28.8 Å². The monoisotopic (exact) mass is 470 g/mol. The molecule has 176 valence electrons. The first-order valence-electron chi connectivity index (χ1n) is 9.78. The summed E-state index contributed by atoms with van der Waals surface area (Å²) in [6.07, 6.45) is -4.61. The number of aliphatic hydroxyl groups excluding tert-OH is 1. The summed E-state index contributed by atoms with van der Waals surface area (Å²) in [5.41, 5.74) is -0.339. The van der Waals surface area contributed by atoms with Crippen molar-refractivity contribution in [1.82, 2.24) is 0 Å². The molecule has 1 aromatic rings. The van der Waals surface area contributed by atoms with E-state index in [0.29, 0.717) is 10.5 Å². The fourth-order valence-corrected chi connectivity index (χ4v) is 4.39. The van der Waals surface area contributed by atoms with Crippen molar-refractivity contribution >= 4 is 35.6 Å². The second kappa shape index (κ2) is 11.8. The van der Waals surface area contributed by atoms with Crippen LogP contribution in [-0.4, -0.2) is 65.4 Å². The molecule has 0 aliphatic carbocycles. The summed E-state index contributed by atoms with van der Waals surface area (Å²) < 4.78 is 27.3. The van der Waals surface area contributed by atoms with Crippen LogP contribution in [0.5, 0.6) is 0 Å². The highest BCUT2D eigenvalue weighted by molar-refractivity contribution is 7.99. The maximum Gasteiger partial charge on any atom is 0.303 e. The second-order valence-corrected chi connectivity index (χ2v) is 8.09. The van der Waals surface area contributed by atoms with Crippen LogP contribution >= 0.6 is 11.8 Å². The van der Waals surface area contributed by atoms with E-state index in [1.54, 1.807) is 24.3 Å². The Kier molecular flexibility index (Phi) is 9.48. The lowest BCUT2D eigenvalue weighted by Crippen LogP contribution is -2.61. The van der Waals surface area contributed by atoms with Gasteiger partial charge in [0, 0.05) is 32.6 Å². The van der Waals surface area contributed by atoms with Crippen molar-refractivity contribution < 1.29 is 48.0 Å². The molecular weight excluding hydrogens is 444 g/mol. The van der Waals surface area contributed by atoms with Gasteiger partial charge in [0.1, 0.15) is 18.1 Å². The first-order chi connectivity index (χ1) is 15.1. The molecule has 5 atom stereocenters. The molecule has 1 aliphatic rings. The number of rotatable bonds is 8. The summed E-state index contributed by atoms with van der Waals surface area (Å²) in [7, 11) is 0. The summed E-state index contributed by atoms with van der Waals surface area (Å²) >= 11 is 1.12. The van der Waals surface area contributed by atoms with E-state index in [1.165, 1.54) is 13.8 Å². The van der Waals surface area contributed by atoms with Crippen LogP contribution in [0.3, 0.4) is 0 Å². The summed E-state index contributed by atoms with van der Waals surface area (Å²) in [6.45, 7) is 4.17. The number of carbonyl (C=O) groups excluding carboxylic acids is 4. The fourth-order valence-electron chi connectivity index (χ4n) is 3.16. The van der Waals surface area contributed by atoms with Gasteiger partial charge in [0.25, 0.3) is 0 Å². The van der Waals surface area contributed by atoms with Crippen molar-refractivity contribution in [3.63, 3.8) is 0 Å². The Morgan fingerprint density at radius 2 is 1.44 bits per heavy atom. The molecule has 1 saturated heterocycles. The number of hydrogen-bond acceptors (Lipinski definition) is 11. The van der Waals surface area contributed by atoms with Gasteiger partial charge in [-0.05, 0) is 11.6 Å². The molecule has 0 spiro atoms. The highest BCUT2D eigenvalue weighted by Gasteiger charge is 2.52. The van der Waals surface area contributed by atoms with Gasteiger partial charge in [-0.2, -0.15) is 0 Å². The van der Waals surface area contributed by atoms with Crippen molar-refractivity contribution in [2.24, 2.45) is 0 Å². The van der Waals surface area contributed by atoms with Gasteiger partial charge in [-0.15, -0.1) is 0 Å². The number of aliphatic hydroxyl groups is 1. The van der Waals surface area contributed by atoms with Crippen molar-refractivity contribution in [3.05, 3.63) is 29.8 Å². The Balaban J connectivity index is 2.48. The van der Waals surface area contributed by atoms with Gasteiger partial charge in [0.05, 0.1) is 6.61 Å². The van der Waals surface area contributed by atoms with Gasteiger partial charge in [0.2, 0.25) is 0 Å². The second-order valence-electron chi connectivity index (χ2n) is 6.95. The number of ether oxygens (including phenoxy) is 5. The van der Waals surface area contributed by atoms with Crippen molar-refractivity contribution in [2.75, 3.05) is 6.61 Å². The third kappa shape index (κ3) is 7.21. The van der Waals surface area contributed by atoms with Crippen LogP contribution < -0.4 is 0 Å². The number of benzene rings is 1. The third-order valence-corrected chi connectivity index (χ3v) is 5.60. The zero-order valence-corrected chi connectivity index (χ0v) is 19.0. The Bertz CT molecular complexity index is 842. The summed E-state index contributed by atoms with van der Waals surface area (Å²) in [6, 6.07) is 6.97. The molecule has 1 heterocycles. The van der Waals surface area contributed by atoms with Crippen molar-refractivity contribution in [3.8, 4) is 0 Å². The van der Waals surface area contributed by atoms with Gasteiger partial charge in [0.15, 0.2) is 18.3 Å². The first-order valence-corrected chi connectivity index (χ1v) is 10.7. The third-order valence-electron chi connectivity index (χ3n) is 4.33. The number of carbonyl (C=O) groups is 4. The van der Waals surface area contributed by atoms with E-state index in [9.17, 15) is 24.3 Å². The molecule has 3 unspecified atom stereocenters. The van der Waals surface area contributed by atoms with E-state index in [1.807, 2.05) is 0 Å². The molecule has 1 N–H and O–H groups in total. The predicted octanol–water partition coefficient (Wildman–Crippen LogP) is 1.35. The molecule has 0 amide bonds. The lowest BCUT2D eigenvalue weighted by Gasteiger charge is -2.44. The Labute approximate surface area is 189 Å². The minimum absolute atomic E-state index is 0.242. The molecule has 0 radical (unpaired) electrons. The zero-order valence-electron chi connectivity index (χ0n) is 18.1. The van der Waals surface area contributed by atoms with E-state index in [4.69, 9.17) is 23.7 Å². The lowest BCUT2D eigenvalue weighted by atomic mass is 9.99.